The fourth-order valence-corrected chi connectivity index (χ4v) is 5.19. The SMILES string of the molecule is CN1CCN(C2=CC=C(c3cccc(F)c3O)CC2(C)c2ccnc(N3CCNCC3)c2)C1=O. The van der Waals surface area contributed by atoms with Crippen LogP contribution in [0.4, 0.5) is 15.0 Å². The minimum absolute atomic E-state index is 0.0284. The second-order valence-electron chi connectivity index (χ2n) is 9.38. The highest BCUT2D eigenvalue weighted by molar-refractivity contribution is 5.81. The molecule has 2 amide bonds. The molecule has 178 valence electrons. The number of piperazine rings is 1. The van der Waals surface area contributed by atoms with Crippen molar-refractivity contribution >= 4 is 17.4 Å². The average molecular weight is 464 g/mol. The van der Waals surface area contributed by atoms with Gasteiger partial charge in [0.2, 0.25) is 0 Å². The maximum atomic E-state index is 14.2. The molecule has 1 aromatic carbocycles. The van der Waals surface area contributed by atoms with Crippen molar-refractivity contribution in [1.29, 1.82) is 0 Å². The Morgan fingerprint density at radius 3 is 2.65 bits per heavy atom. The normalized spacial score (nSPS) is 23.3. The summed E-state index contributed by atoms with van der Waals surface area (Å²) in [5.74, 6) is -0.0774. The first-order valence-electron chi connectivity index (χ1n) is 11.7. The van der Waals surface area contributed by atoms with Gasteiger partial charge in [-0.3, -0.25) is 4.90 Å². The number of phenols is 1. The van der Waals surface area contributed by atoms with Crippen molar-refractivity contribution in [1.82, 2.24) is 20.1 Å². The Morgan fingerprint density at radius 2 is 1.91 bits per heavy atom. The molecule has 1 aromatic heterocycles. The number of amides is 2. The third-order valence-corrected chi connectivity index (χ3v) is 7.22. The van der Waals surface area contributed by atoms with Crippen LogP contribution in [0.1, 0.15) is 24.5 Å². The Balaban J connectivity index is 1.59. The molecule has 2 fully saturated rings. The van der Waals surface area contributed by atoms with Gasteiger partial charge in [0.15, 0.2) is 11.6 Å². The zero-order chi connectivity index (χ0) is 23.9. The van der Waals surface area contributed by atoms with Gasteiger partial charge >= 0.3 is 6.03 Å². The molecule has 0 radical (unpaired) electrons. The molecule has 0 bridgehead atoms. The number of halogens is 1. The van der Waals surface area contributed by atoms with E-state index in [9.17, 15) is 14.3 Å². The summed E-state index contributed by atoms with van der Waals surface area (Å²) in [7, 11) is 1.81. The maximum Gasteiger partial charge on any atom is 0.324 e. The highest BCUT2D eigenvalue weighted by Gasteiger charge is 2.42. The molecule has 1 aliphatic carbocycles. The Labute approximate surface area is 199 Å². The first-order valence-corrected chi connectivity index (χ1v) is 11.7. The van der Waals surface area contributed by atoms with Crippen molar-refractivity contribution in [2.45, 2.75) is 18.8 Å². The monoisotopic (exact) mass is 463 g/mol. The van der Waals surface area contributed by atoms with E-state index in [4.69, 9.17) is 0 Å². The van der Waals surface area contributed by atoms with E-state index >= 15 is 0 Å². The second-order valence-corrected chi connectivity index (χ2v) is 9.38. The van der Waals surface area contributed by atoms with Gasteiger partial charge in [0.05, 0.1) is 0 Å². The van der Waals surface area contributed by atoms with Crippen molar-refractivity contribution in [3.63, 3.8) is 0 Å². The number of carbonyl (C=O) groups is 1. The van der Waals surface area contributed by atoms with Crippen molar-refractivity contribution in [3.05, 3.63) is 71.3 Å². The number of rotatable bonds is 4. The summed E-state index contributed by atoms with van der Waals surface area (Å²) in [6.07, 6.45) is 6.18. The van der Waals surface area contributed by atoms with Crippen molar-refractivity contribution in [2.75, 3.05) is 51.2 Å². The lowest BCUT2D eigenvalue weighted by Gasteiger charge is -2.40. The van der Waals surface area contributed by atoms with Gasteiger partial charge in [-0.25, -0.2) is 14.2 Å². The summed E-state index contributed by atoms with van der Waals surface area (Å²) in [5, 5.41) is 13.8. The lowest BCUT2D eigenvalue weighted by atomic mass is 9.70. The van der Waals surface area contributed by atoms with E-state index in [0.717, 1.165) is 48.8 Å². The van der Waals surface area contributed by atoms with Crippen LogP contribution in [0.25, 0.3) is 5.57 Å². The van der Waals surface area contributed by atoms with E-state index in [0.29, 0.717) is 25.1 Å². The standard InChI is InChI=1S/C26H30FN5O2/c1-26(19-8-9-29-23(16-19)31-12-10-28-11-13-31)17-18(20-4-3-5-21(27)24(20)33)6-7-22(26)32-15-14-30(2)25(32)34/h3-9,16,28,33H,10-15,17H2,1-2H3. The van der Waals surface area contributed by atoms with Crippen molar-refractivity contribution < 1.29 is 14.3 Å². The van der Waals surface area contributed by atoms with Gasteiger partial charge in [-0.2, -0.15) is 0 Å². The van der Waals surface area contributed by atoms with E-state index in [1.165, 1.54) is 6.07 Å². The summed E-state index contributed by atoms with van der Waals surface area (Å²) in [6.45, 7) is 6.98. The Kier molecular flexibility index (Phi) is 5.77. The van der Waals surface area contributed by atoms with Crippen molar-refractivity contribution in [3.8, 4) is 5.75 Å². The van der Waals surface area contributed by atoms with Gasteiger partial charge in [0, 0.05) is 69.2 Å². The van der Waals surface area contributed by atoms with Crippen LogP contribution in [0.5, 0.6) is 5.75 Å². The van der Waals surface area contributed by atoms with Gasteiger partial charge in [-0.05, 0) is 48.8 Å². The highest BCUT2D eigenvalue weighted by Crippen LogP contribution is 2.47. The molecule has 2 N–H and O–H groups in total. The molecule has 1 unspecified atom stereocenters. The maximum absolute atomic E-state index is 14.2. The van der Waals surface area contributed by atoms with Gasteiger partial charge in [-0.15, -0.1) is 0 Å². The number of phenolic OH excluding ortho intramolecular Hbond substituents is 1. The van der Waals surface area contributed by atoms with E-state index in [1.54, 1.807) is 17.0 Å². The van der Waals surface area contributed by atoms with Crippen LogP contribution >= 0.6 is 0 Å². The third-order valence-electron chi connectivity index (χ3n) is 7.22. The Hall–Kier alpha value is -3.39. The van der Waals surface area contributed by atoms with Gasteiger partial charge in [0.1, 0.15) is 5.82 Å². The number of carbonyl (C=O) groups excluding carboxylic acids is 1. The third kappa shape index (κ3) is 3.81. The number of nitrogens with one attached hydrogen (secondary N) is 1. The van der Waals surface area contributed by atoms with Crippen LogP contribution in [-0.2, 0) is 5.41 Å². The number of hydrogen-bond donors (Lipinski definition) is 2. The lowest BCUT2D eigenvalue weighted by Crippen LogP contribution is -2.44. The molecular weight excluding hydrogens is 433 g/mol. The number of hydrogen-bond acceptors (Lipinski definition) is 5. The van der Waals surface area contributed by atoms with Crippen LogP contribution in [0.2, 0.25) is 0 Å². The molecular formula is C26H30FN5O2. The fraction of sp³-hybridized carbons (Fsp3) is 0.385. The minimum atomic E-state index is -0.642. The number of pyridine rings is 1. The van der Waals surface area contributed by atoms with Crippen LogP contribution in [0.15, 0.2) is 54.4 Å². The number of aromatic nitrogens is 1. The summed E-state index contributed by atoms with van der Waals surface area (Å²) in [6, 6.07) is 8.67. The largest absolute Gasteiger partial charge is 0.504 e. The summed E-state index contributed by atoms with van der Waals surface area (Å²) in [4.78, 5) is 23.4. The Bertz CT molecular complexity index is 1170. The smallest absolute Gasteiger partial charge is 0.324 e. The fourth-order valence-electron chi connectivity index (χ4n) is 5.19. The summed E-state index contributed by atoms with van der Waals surface area (Å²) < 4.78 is 14.2. The van der Waals surface area contributed by atoms with Crippen LogP contribution < -0.4 is 10.2 Å². The van der Waals surface area contributed by atoms with Crippen LogP contribution in [-0.4, -0.2) is 72.2 Å². The first kappa shape index (κ1) is 22.4. The zero-order valence-electron chi connectivity index (χ0n) is 19.6. The van der Waals surface area contributed by atoms with Gasteiger partial charge < -0.3 is 20.2 Å². The molecule has 8 heteroatoms. The molecule has 7 nitrogen and oxygen atoms in total. The molecule has 2 aliphatic heterocycles. The zero-order valence-corrected chi connectivity index (χ0v) is 19.6. The predicted molar refractivity (Wildman–Crippen MR) is 130 cm³/mol. The number of nitrogens with zero attached hydrogens (tertiary/aromatic N) is 4. The number of aromatic hydroxyl groups is 1. The molecule has 3 aliphatic rings. The first-order chi connectivity index (χ1) is 16.4. The molecule has 1 atom stereocenters. The summed E-state index contributed by atoms with van der Waals surface area (Å²) >= 11 is 0. The number of para-hydroxylation sites is 1. The molecule has 3 heterocycles. The average Bonchev–Trinajstić information content (AvgIpc) is 3.19. The van der Waals surface area contributed by atoms with E-state index in [1.807, 2.05) is 36.4 Å². The molecule has 34 heavy (non-hydrogen) atoms. The van der Waals surface area contributed by atoms with Gasteiger partial charge in [-0.1, -0.05) is 18.2 Å². The molecule has 0 saturated carbocycles. The minimum Gasteiger partial charge on any atom is -0.504 e. The number of urea groups is 1. The summed E-state index contributed by atoms with van der Waals surface area (Å²) in [5.41, 5.74) is 2.66. The molecule has 2 saturated heterocycles. The van der Waals surface area contributed by atoms with Crippen LogP contribution in [0.3, 0.4) is 0 Å². The number of allylic oxidation sites excluding steroid dienone is 4. The van der Waals surface area contributed by atoms with Crippen molar-refractivity contribution in [2.24, 2.45) is 0 Å². The lowest BCUT2D eigenvalue weighted by molar-refractivity contribution is 0.202. The van der Waals surface area contributed by atoms with E-state index in [-0.39, 0.29) is 11.8 Å². The number of benzene rings is 1. The molecule has 2 aromatic rings. The Morgan fingerprint density at radius 1 is 1.12 bits per heavy atom. The number of likely N-dealkylation sites (N-methyl/N-ethyl adjacent to an activating group) is 1. The van der Waals surface area contributed by atoms with Crippen LogP contribution in [0, 0.1) is 5.82 Å². The predicted octanol–water partition coefficient (Wildman–Crippen LogP) is 3.33. The quantitative estimate of drug-likeness (QED) is 0.728. The molecule has 0 spiro atoms. The number of anilines is 1. The van der Waals surface area contributed by atoms with E-state index in [2.05, 4.69) is 28.2 Å². The van der Waals surface area contributed by atoms with Gasteiger partial charge in [0.25, 0.3) is 0 Å². The second kappa shape index (κ2) is 8.76. The highest BCUT2D eigenvalue weighted by atomic mass is 19.1. The molecule has 5 rings (SSSR count). The van der Waals surface area contributed by atoms with E-state index < -0.39 is 11.2 Å². The topological polar surface area (TPSA) is 71.9 Å².